The molecule has 38 valence electrons. The lowest BCUT2D eigenvalue weighted by Gasteiger charge is -1.71. The zero-order valence-corrected chi connectivity index (χ0v) is 4.43. The fourth-order valence-corrected chi connectivity index (χ4v) is 0.524. The van der Waals surface area contributed by atoms with E-state index in [1.165, 1.54) is 12.8 Å². The van der Waals surface area contributed by atoms with Crippen LogP contribution in [0.3, 0.4) is 0 Å². The first kappa shape index (κ1) is 4.63. The highest BCUT2D eigenvalue weighted by Gasteiger charge is 2.16. The van der Waals surface area contributed by atoms with E-state index in [0.717, 1.165) is 5.92 Å². The number of rotatable bonds is 2. The van der Waals surface area contributed by atoms with Gasteiger partial charge in [-0.25, -0.2) is 0 Å². The summed E-state index contributed by atoms with van der Waals surface area (Å²) >= 11 is 0. The van der Waals surface area contributed by atoms with E-state index < -0.39 is 0 Å². The van der Waals surface area contributed by atoms with Gasteiger partial charge in [-0.1, -0.05) is 24.8 Å². The molecule has 0 spiro atoms. The van der Waals surface area contributed by atoms with Crippen molar-refractivity contribution in [2.75, 3.05) is 0 Å². The molecule has 0 N–H and O–H groups in total. The molecule has 0 aliphatic heterocycles. The molecule has 0 amide bonds. The summed E-state index contributed by atoms with van der Waals surface area (Å²) in [6, 6.07) is 0. The summed E-state index contributed by atoms with van der Waals surface area (Å²) in [6.45, 7) is 3.57. The van der Waals surface area contributed by atoms with Crippen LogP contribution in [0.4, 0.5) is 0 Å². The van der Waals surface area contributed by atoms with Crippen molar-refractivity contribution in [2.45, 2.75) is 12.8 Å². The average molecular weight is 94.2 g/mol. The van der Waals surface area contributed by atoms with Gasteiger partial charge in [0.2, 0.25) is 0 Å². The Hall–Kier alpha value is -0.520. The van der Waals surface area contributed by atoms with Gasteiger partial charge >= 0.3 is 0 Å². The Morgan fingerprint density at radius 1 is 1.43 bits per heavy atom. The Balaban J connectivity index is 2.17. The Morgan fingerprint density at radius 2 is 2.14 bits per heavy atom. The third kappa shape index (κ3) is 1.58. The lowest BCUT2D eigenvalue weighted by Crippen LogP contribution is -1.56. The minimum atomic E-state index is 0.901. The molecule has 0 aromatic carbocycles. The van der Waals surface area contributed by atoms with Crippen LogP contribution in [-0.2, 0) is 0 Å². The van der Waals surface area contributed by atoms with Gasteiger partial charge in [-0.05, 0) is 18.8 Å². The Labute approximate surface area is 44.5 Å². The highest BCUT2D eigenvalue weighted by molar-refractivity contribution is 5.03. The molecule has 0 saturated heterocycles. The van der Waals surface area contributed by atoms with Crippen LogP contribution in [0, 0.1) is 5.92 Å². The number of allylic oxidation sites excluding steroid dienone is 3. The van der Waals surface area contributed by atoms with Crippen LogP contribution in [0.2, 0.25) is 0 Å². The minimum absolute atomic E-state index is 0.901. The molecule has 0 radical (unpaired) electrons. The topological polar surface area (TPSA) is 0 Å². The lowest BCUT2D eigenvalue weighted by atomic mass is 10.4. The lowest BCUT2D eigenvalue weighted by molar-refractivity contribution is 1.12. The van der Waals surface area contributed by atoms with Gasteiger partial charge < -0.3 is 0 Å². The third-order valence-corrected chi connectivity index (χ3v) is 1.14. The molecular weight excluding hydrogens is 84.1 g/mol. The molecule has 1 rings (SSSR count). The quantitative estimate of drug-likeness (QED) is 0.460. The summed E-state index contributed by atoms with van der Waals surface area (Å²) in [4.78, 5) is 0. The second-order valence-electron chi connectivity index (χ2n) is 1.96. The SMILES string of the molecule is C=CC=CC1CC1. The maximum atomic E-state index is 3.57. The Bertz CT molecular complexity index is 86.2. The van der Waals surface area contributed by atoms with E-state index in [2.05, 4.69) is 12.7 Å². The van der Waals surface area contributed by atoms with Crippen molar-refractivity contribution in [3.05, 3.63) is 24.8 Å². The second-order valence-corrected chi connectivity index (χ2v) is 1.96. The normalized spacial score (nSPS) is 20.6. The Kier molecular flexibility index (Phi) is 1.30. The van der Waals surface area contributed by atoms with Gasteiger partial charge in [0.05, 0.1) is 0 Å². The molecule has 0 bridgehead atoms. The first-order valence-electron chi connectivity index (χ1n) is 2.72. The van der Waals surface area contributed by atoms with Gasteiger partial charge in [-0.3, -0.25) is 0 Å². The maximum Gasteiger partial charge on any atom is -0.0230 e. The summed E-state index contributed by atoms with van der Waals surface area (Å²) in [5.41, 5.74) is 0. The fraction of sp³-hybridized carbons (Fsp3) is 0.429. The molecule has 1 aliphatic rings. The monoisotopic (exact) mass is 94.1 g/mol. The van der Waals surface area contributed by atoms with Crippen molar-refractivity contribution in [3.8, 4) is 0 Å². The number of hydrogen-bond donors (Lipinski definition) is 0. The van der Waals surface area contributed by atoms with E-state index in [1.54, 1.807) is 0 Å². The van der Waals surface area contributed by atoms with Crippen molar-refractivity contribution in [1.29, 1.82) is 0 Å². The van der Waals surface area contributed by atoms with Crippen LogP contribution < -0.4 is 0 Å². The van der Waals surface area contributed by atoms with Crippen molar-refractivity contribution < 1.29 is 0 Å². The van der Waals surface area contributed by atoms with Crippen LogP contribution in [0.15, 0.2) is 24.8 Å². The van der Waals surface area contributed by atoms with Gasteiger partial charge in [0, 0.05) is 0 Å². The number of hydrogen-bond acceptors (Lipinski definition) is 0. The van der Waals surface area contributed by atoms with Gasteiger partial charge in [-0.15, -0.1) is 0 Å². The molecule has 1 fully saturated rings. The van der Waals surface area contributed by atoms with Crippen LogP contribution in [0.5, 0.6) is 0 Å². The molecule has 0 atom stereocenters. The third-order valence-electron chi connectivity index (χ3n) is 1.14. The largest absolute Gasteiger partial charge is 0.0991 e. The highest BCUT2D eigenvalue weighted by Crippen LogP contribution is 2.29. The maximum absolute atomic E-state index is 3.57. The Morgan fingerprint density at radius 3 is 2.57 bits per heavy atom. The average Bonchev–Trinajstić information content (AvgIpc) is 2.42. The molecule has 0 nitrogen and oxygen atoms in total. The van der Waals surface area contributed by atoms with E-state index in [-0.39, 0.29) is 0 Å². The molecule has 0 aromatic heterocycles. The van der Waals surface area contributed by atoms with E-state index in [9.17, 15) is 0 Å². The summed E-state index contributed by atoms with van der Waals surface area (Å²) < 4.78 is 0. The second kappa shape index (κ2) is 1.97. The van der Waals surface area contributed by atoms with E-state index in [1.807, 2.05) is 12.2 Å². The first-order valence-corrected chi connectivity index (χ1v) is 2.72. The molecular formula is C7H10. The van der Waals surface area contributed by atoms with Crippen molar-refractivity contribution >= 4 is 0 Å². The molecule has 1 aliphatic carbocycles. The highest BCUT2D eigenvalue weighted by atomic mass is 14.2. The van der Waals surface area contributed by atoms with E-state index in [4.69, 9.17) is 0 Å². The molecule has 0 unspecified atom stereocenters. The molecule has 0 aromatic rings. The van der Waals surface area contributed by atoms with Gasteiger partial charge in [0.15, 0.2) is 0 Å². The molecule has 0 heterocycles. The summed E-state index contributed by atoms with van der Waals surface area (Å²) in [5.74, 6) is 0.901. The predicted molar refractivity (Wildman–Crippen MR) is 32.1 cm³/mol. The van der Waals surface area contributed by atoms with Gasteiger partial charge in [-0.2, -0.15) is 0 Å². The standard InChI is InChI=1S/C7H10/c1-2-3-4-7-5-6-7/h2-4,7H,1,5-6H2. The van der Waals surface area contributed by atoms with Crippen LogP contribution in [-0.4, -0.2) is 0 Å². The molecule has 1 saturated carbocycles. The van der Waals surface area contributed by atoms with Crippen LogP contribution in [0.1, 0.15) is 12.8 Å². The summed E-state index contributed by atoms with van der Waals surface area (Å²) in [6.07, 6.45) is 8.86. The molecule has 0 heteroatoms. The fourth-order valence-electron chi connectivity index (χ4n) is 0.524. The zero-order chi connectivity index (χ0) is 5.11. The van der Waals surface area contributed by atoms with E-state index in [0.29, 0.717) is 0 Å². The van der Waals surface area contributed by atoms with Crippen molar-refractivity contribution in [3.63, 3.8) is 0 Å². The van der Waals surface area contributed by atoms with Crippen molar-refractivity contribution in [1.82, 2.24) is 0 Å². The first-order chi connectivity index (χ1) is 3.43. The van der Waals surface area contributed by atoms with Crippen molar-refractivity contribution in [2.24, 2.45) is 5.92 Å². The van der Waals surface area contributed by atoms with Crippen LogP contribution in [0.25, 0.3) is 0 Å². The smallest absolute Gasteiger partial charge is 0.0230 e. The zero-order valence-electron chi connectivity index (χ0n) is 4.43. The predicted octanol–water partition coefficient (Wildman–Crippen LogP) is 2.14. The molecule has 7 heavy (non-hydrogen) atoms. The van der Waals surface area contributed by atoms with E-state index >= 15 is 0 Å². The minimum Gasteiger partial charge on any atom is -0.0991 e. The van der Waals surface area contributed by atoms with Crippen LogP contribution >= 0.6 is 0 Å². The van der Waals surface area contributed by atoms with Gasteiger partial charge in [0.25, 0.3) is 0 Å². The van der Waals surface area contributed by atoms with Gasteiger partial charge in [0.1, 0.15) is 0 Å². The summed E-state index contributed by atoms with van der Waals surface area (Å²) in [5, 5.41) is 0. The summed E-state index contributed by atoms with van der Waals surface area (Å²) in [7, 11) is 0.